The minimum Gasteiger partial charge on any atom is -0.384 e. The minimum atomic E-state index is 0.0867. The van der Waals surface area contributed by atoms with Crippen LogP contribution in [0.25, 0.3) is 10.8 Å². The fourth-order valence-corrected chi connectivity index (χ4v) is 3.04. The van der Waals surface area contributed by atoms with Crippen LogP contribution in [-0.4, -0.2) is 36.1 Å². The van der Waals surface area contributed by atoms with E-state index in [4.69, 9.17) is 0 Å². The van der Waals surface area contributed by atoms with Crippen LogP contribution in [-0.2, 0) is 0 Å². The van der Waals surface area contributed by atoms with E-state index in [0.717, 1.165) is 22.1 Å². The Bertz CT molecular complexity index is 657. The SMILES string of the molecule is CN(C)C(C)(C)C(C)(C)CNc1cccc2cncc(Br)c12. The summed E-state index contributed by atoms with van der Waals surface area (Å²) in [5.41, 5.74) is 1.34. The molecule has 0 aliphatic heterocycles. The standard InChI is InChI=1S/C18H26BrN3/c1-17(2,18(3,4)22(5)6)12-21-15-9-7-8-13-10-20-11-14(19)16(13)15/h7-11,21H,12H2,1-6H3. The number of aromatic nitrogens is 1. The van der Waals surface area contributed by atoms with E-state index in [2.05, 4.69) is 91.1 Å². The lowest BCUT2D eigenvalue weighted by molar-refractivity contribution is 0.0605. The van der Waals surface area contributed by atoms with E-state index in [-0.39, 0.29) is 11.0 Å². The Morgan fingerprint density at radius 2 is 1.82 bits per heavy atom. The minimum absolute atomic E-state index is 0.0867. The third-order valence-corrected chi connectivity index (χ3v) is 5.83. The summed E-state index contributed by atoms with van der Waals surface area (Å²) in [6, 6.07) is 6.29. The highest BCUT2D eigenvalue weighted by Crippen LogP contribution is 2.36. The summed E-state index contributed by atoms with van der Waals surface area (Å²) < 4.78 is 1.03. The zero-order valence-electron chi connectivity index (χ0n) is 14.4. The fourth-order valence-electron chi connectivity index (χ4n) is 2.48. The monoisotopic (exact) mass is 363 g/mol. The highest BCUT2D eigenvalue weighted by molar-refractivity contribution is 9.10. The lowest BCUT2D eigenvalue weighted by Crippen LogP contribution is -2.53. The summed E-state index contributed by atoms with van der Waals surface area (Å²) in [4.78, 5) is 6.53. The number of hydrogen-bond acceptors (Lipinski definition) is 3. The van der Waals surface area contributed by atoms with Gasteiger partial charge in [-0.25, -0.2) is 0 Å². The highest BCUT2D eigenvalue weighted by atomic mass is 79.9. The Morgan fingerprint density at radius 3 is 2.45 bits per heavy atom. The van der Waals surface area contributed by atoms with Crippen molar-refractivity contribution in [3.63, 3.8) is 0 Å². The first-order valence-corrected chi connectivity index (χ1v) is 8.39. The first kappa shape index (κ1) is 17.2. The van der Waals surface area contributed by atoms with Gasteiger partial charge in [-0.05, 0) is 55.4 Å². The van der Waals surface area contributed by atoms with Crippen molar-refractivity contribution in [2.45, 2.75) is 33.2 Å². The largest absolute Gasteiger partial charge is 0.384 e. The number of pyridine rings is 1. The van der Waals surface area contributed by atoms with Crippen molar-refractivity contribution in [1.29, 1.82) is 0 Å². The van der Waals surface area contributed by atoms with E-state index in [1.54, 1.807) is 0 Å². The molecule has 120 valence electrons. The Kier molecular flexibility index (Phi) is 4.83. The maximum absolute atomic E-state index is 4.24. The van der Waals surface area contributed by atoms with Crippen LogP contribution in [0, 0.1) is 5.41 Å². The molecule has 2 rings (SSSR count). The number of nitrogens with one attached hydrogen (secondary N) is 1. The van der Waals surface area contributed by atoms with Crippen LogP contribution >= 0.6 is 15.9 Å². The molecule has 1 aromatic carbocycles. The van der Waals surface area contributed by atoms with Gasteiger partial charge in [0, 0.05) is 45.4 Å². The molecule has 3 nitrogen and oxygen atoms in total. The number of rotatable bonds is 5. The summed E-state index contributed by atoms with van der Waals surface area (Å²) in [5.74, 6) is 0. The van der Waals surface area contributed by atoms with Crippen LogP contribution in [0.5, 0.6) is 0 Å². The smallest absolute Gasteiger partial charge is 0.0457 e. The van der Waals surface area contributed by atoms with Crippen molar-refractivity contribution in [1.82, 2.24) is 9.88 Å². The molecule has 0 aliphatic carbocycles. The second-order valence-corrected chi connectivity index (χ2v) is 8.07. The van der Waals surface area contributed by atoms with E-state index < -0.39 is 0 Å². The molecule has 0 atom stereocenters. The molecule has 2 aromatic rings. The molecule has 0 fully saturated rings. The van der Waals surface area contributed by atoms with Gasteiger partial charge < -0.3 is 10.2 Å². The van der Waals surface area contributed by atoms with Gasteiger partial charge in [0.25, 0.3) is 0 Å². The maximum atomic E-state index is 4.24. The fraction of sp³-hybridized carbons (Fsp3) is 0.500. The second-order valence-electron chi connectivity index (χ2n) is 7.22. The van der Waals surface area contributed by atoms with Gasteiger partial charge in [0.05, 0.1) is 0 Å². The van der Waals surface area contributed by atoms with Gasteiger partial charge in [0.1, 0.15) is 0 Å². The predicted octanol–water partition coefficient (Wildman–Crippen LogP) is 4.78. The average molecular weight is 364 g/mol. The number of benzene rings is 1. The molecule has 0 unspecified atom stereocenters. The quantitative estimate of drug-likeness (QED) is 0.828. The molecule has 0 saturated carbocycles. The van der Waals surface area contributed by atoms with Gasteiger partial charge in [-0.3, -0.25) is 4.98 Å². The molecule has 0 saturated heterocycles. The zero-order valence-corrected chi connectivity index (χ0v) is 16.0. The van der Waals surface area contributed by atoms with Gasteiger partial charge in [0.2, 0.25) is 0 Å². The molecule has 1 N–H and O–H groups in total. The third kappa shape index (κ3) is 3.13. The van der Waals surface area contributed by atoms with Crippen molar-refractivity contribution < 1.29 is 0 Å². The van der Waals surface area contributed by atoms with E-state index >= 15 is 0 Å². The number of anilines is 1. The van der Waals surface area contributed by atoms with Gasteiger partial charge >= 0.3 is 0 Å². The molecular weight excluding hydrogens is 338 g/mol. The van der Waals surface area contributed by atoms with Gasteiger partial charge in [-0.1, -0.05) is 26.0 Å². The Balaban J connectivity index is 2.29. The van der Waals surface area contributed by atoms with E-state index in [0.29, 0.717) is 0 Å². The van der Waals surface area contributed by atoms with Gasteiger partial charge in [-0.2, -0.15) is 0 Å². The van der Waals surface area contributed by atoms with E-state index in [9.17, 15) is 0 Å². The topological polar surface area (TPSA) is 28.2 Å². The van der Waals surface area contributed by atoms with E-state index in [1.807, 2.05) is 12.4 Å². The van der Waals surface area contributed by atoms with Crippen molar-refractivity contribution in [3.05, 3.63) is 35.1 Å². The van der Waals surface area contributed by atoms with Gasteiger partial charge in [0.15, 0.2) is 0 Å². The predicted molar refractivity (Wildman–Crippen MR) is 99.5 cm³/mol. The first-order valence-electron chi connectivity index (χ1n) is 7.60. The molecule has 0 bridgehead atoms. The highest BCUT2D eigenvalue weighted by Gasteiger charge is 2.38. The second kappa shape index (κ2) is 6.17. The molecule has 4 heteroatoms. The van der Waals surface area contributed by atoms with Crippen LogP contribution in [0.15, 0.2) is 35.1 Å². The lowest BCUT2D eigenvalue weighted by atomic mass is 9.73. The first-order chi connectivity index (χ1) is 10.2. The summed E-state index contributed by atoms with van der Waals surface area (Å²) in [5, 5.41) is 5.98. The summed E-state index contributed by atoms with van der Waals surface area (Å²) >= 11 is 3.62. The molecule has 22 heavy (non-hydrogen) atoms. The Hall–Kier alpha value is -1.13. The number of halogens is 1. The van der Waals surface area contributed by atoms with Crippen LogP contribution in [0.3, 0.4) is 0 Å². The lowest BCUT2D eigenvalue weighted by Gasteiger charge is -2.46. The van der Waals surface area contributed by atoms with Crippen molar-refractivity contribution in [2.24, 2.45) is 5.41 Å². The van der Waals surface area contributed by atoms with Crippen LogP contribution in [0.4, 0.5) is 5.69 Å². The summed E-state index contributed by atoms with van der Waals surface area (Å²) in [6.45, 7) is 10.1. The molecule has 1 aromatic heterocycles. The molecule has 1 heterocycles. The number of nitrogens with zero attached hydrogens (tertiary/aromatic N) is 2. The number of fused-ring (bicyclic) bond motifs is 1. The van der Waals surface area contributed by atoms with Crippen LogP contribution in [0.2, 0.25) is 0 Å². The molecular formula is C18H26BrN3. The number of hydrogen-bond donors (Lipinski definition) is 1. The van der Waals surface area contributed by atoms with Crippen LogP contribution < -0.4 is 5.32 Å². The summed E-state index contributed by atoms with van der Waals surface area (Å²) in [7, 11) is 4.28. The third-order valence-electron chi connectivity index (χ3n) is 5.23. The van der Waals surface area contributed by atoms with Crippen molar-refractivity contribution >= 4 is 32.4 Å². The van der Waals surface area contributed by atoms with Gasteiger partial charge in [-0.15, -0.1) is 0 Å². The zero-order chi connectivity index (χ0) is 16.5. The molecule has 0 radical (unpaired) electrons. The van der Waals surface area contributed by atoms with E-state index in [1.165, 1.54) is 5.39 Å². The van der Waals surface area contributed by atoms with Crippen molar-refractivity contribution in [2.75, 3.05) is 26.0 Å². The molecule has 0 spiro atoms. The molecule has 0 aliphatic rings. The maximum Gasteiger partial charge on any atom is 0.0457 e. The average Bonchev–Trinajstić information content (AvgIpc) is 2.45. The summed E-state index contributed by atoms with van der Waals surface area (Å²) in [6.07, 6.45) is 3.75. The van der Waals surface area contributed by atoms with Crippen molar-refractivity contribution in [3.8, 4) is 0 Å². The molecule has 0 amide bonds. The Morgan fingerprint density at radius 1 is 1.14 bits per heavy atom. The van der Waals surface area contributed by atoms with Crippen LogP contribution in [0.1, 0.15) is 27.7 Å². The Labute approximate surface area is 142 Å². The normalized spacial score (nSPS) is 12.9.